The van der Waals surface area contributed by atoms with Crippen LogP contribution in [0.2, 0.25) is 0 Å². The van der Waals surface area contributed by atoms with Crippen LogP contribution in [0.15, 0.2) is 66.7 Å². The molecule has 1 heterocycles. The van der Waals surface area contributed by atoms with Crippen molar-refractivity contribution in [1.29, 1.82) is 0 Å². The number of amides is 2. The van der Waals surface area contributed by atoms with Crippen molar-refractivity contribution in [2.24, 2.45) is 0 Å². The number of carbonyl (C=O) groups excluding carboxylic acids is 2. The summed E-state index contributed by atoms with van der Waals surface area (Å²) in [5.41, 5.74) is 1.53. The molecule has 212 valence electrons. The molecular weight excluding hydrogens is 529 g/mol. The molecule has 0 aromatic heterocycles. The Labute approximate surface area is 229 Å². The molecule has 2 atom stereocenters. The van der Waals surface area contributed by atoms with Crippen LogP contribution < -0.4 is 14.2 Å². The number of hydrogen-bond acceptors (Lipinski definition) is 6. The van der Waals surface area contributed by atoms with E-state index in [4.69, 9.17) is 14.2 Å². The molecule has 0 radical (unpaired) electrons. The molecule has 0 saturated carbocycles. The first-order chi connectivity index (χ1) is 19.1. The van der Waals surface area contributed by atoms with Gasteiger partial charge in [-0.05, 0) is 41.8 Å². The van der Waals surface area contributed by atoms with Crippen molar-refractivity contribution in [1.82, 2.24) is 9.80 Å². The number of ether oxygens (including phenoxy) is 3. The van der Waals surface area contributed by atoms with Crippen LogP contribution in [0.25, 0.3) is 0 Å². The van der Waals surface area contributed by atoms with E-state index in [2.05, 4.69) is 0 Å². The highest BCUT2D eigenvalue weighted by atomic mass is 19.4. The lowest BCUT2D eigenvalue weighted by Gasteiger charge is -2.33. The molecule has 1 N–H and O–H groups in total. The number of hydrogen-bond donors (Lipinski definition) is 1. The smallest absolute Gasteiger partial charge is 0.471 e. The van der Waals surface area contributed by atoms with E-state index in [-0.39, 0.29) is 47.9 Å². The summed E-state index contributed by atoms with van der Waals surface area (Å²) in [7, 11) is 4.11. The Kier molecular flexibility index (Phi) is 8.41. The van der Waals surface area contributed by atoms with E-state index in [1.54, 1.807) is 42.5 Å². The quantitative estimate of drug-likeness (QED) is 0.416. The van der Waals surface area contributed by atoms with Crippen molar-refractivity contribution in [3.05, 3.63) is 83.4 Å². The number of methoxy groups -OCH3 is 3. The molecule has 2 amide bonds. The van der Waals surface area contributed by atoms with E-state index in [9.17, 15) is 27.9 Å². The lowest BCUT2D eigenvalue weighted by atomic mass is 10.0. The van der Waals surface area contributed by atoms with Gasteiger partial charge in [-0.3, -0.25) is 14.5 Å². The highest BCUT2D eigenvalue weighted by Gasteiger charge is 2.55. The summed E-state index contributed by atoms with van der Waals surface area (Å²) >= 11 is 0. The van der Waals surface area contributed by atoms with Crippen LogP contribution in [-0.2, 0) is 22.4 Å². The predicted molar refractivity (Wildman–Crippen MR) is 139 cm³/mol. The van der Waals surface area contributed by atoms with Gasteiger partial charge in [0.15, 0.2) is 11.5 Å². The number of halogens is 3. The molecular formula is C29H29F3N2O6. The summed E-state index contributed by atoms with van der Waals surface area (Å²) in [6.45, 7) is -0.00212. The molecule has 1 aliphatic rings. The minimum absolute atomic E-state index is 0.00212. The van der Waals surface area contributed by atoms with Gasteiger partial charge in [0.2, 0.25) is 11.7 Å². The third-order valence-corrected chi connectivity index (χ3v) is 6.77. The molecule has 3 aromatic rings. The molecule has 0 spiro atoms. The number of phenols is 1. The van der Waals surface area contributed by atoms with Crippen LogP contribution in [0.1, 0.15) is 22.9 Å². The van der Waals surface area contributed by atoms with E-state index in [0.717, 1.165) is 5.56 Å². The summed E-state index contributed by atoms with van der Waals surface area (Å²) in [5.74, 6) is -2.17. The SMILES string of the molecule is COc1cc([C@H]2N(CCc3ccc(O)cc3)C(=O)[C@@H](Cc3ccccc3)N2C(=O)C(F)(F)F)cc(OC)c1OC. The molecule has 0 aliphatic carbocycles. The summed E-state index contributed by atoms with van der Waals surface area (Å²) in [4.78, 5) is 28.7. The number of aromatic hydroxyl groups is 1. The zero-order valence-corrected chi connectivity index (χ0v) is 22.1. The van der Waals surface area contributed by atoms with Crippen molar-refractivity contribution in [3.8, 4) is 23.0 Å². The van der Waals surface area contributed by atoms with Gasteiger partial charge in [0.25, 0.3) is 0 Å². The monoisotopic (exact) mass is 558 g/mol. The van der Waals surface area contributed by atoms with Crippen molar-refractivity contribution in [2.75, 3.05) is 27.9 Å². The topological polar surface area (TPSA) is 88.5 Å². The van der Waals surface area contributed by atoms with Gasteiger partial charge in [-0.2, -0.15) is 13.2 Å². The summed E-state index contributed by atoms with van der Waals surface area (Å²) < 4.78 is 58.3. The molecule has 40 heavy (non-hydrogen) atoms. The van der Waals surface area contributed by atoms with E-state index < -0.39 is 30.2 Å². The van der Waals surface area contributed by atoms with Crippen molar-refractivity contribution in [2.45, 2.75) is 31.2 Å². The van der Waals surface area contributed by atoms with Gasteiger partial charge in [0, 0.05) is 18.5 Å². The van der Waals surface area contributed by atoms with Crippen molar-refractivity contribution in [3.63, 3.8) is 0 Å². The summed E-state index contributed by atoms with van der Waals surface area (Å²) in [6, 6.07) is 16.3. The second-order valence-electron chi connectivity index (χ2n) is 9.20. The highest BCUT2D eigenvalue weighted by Crippen LogP contribution is 2.45. The normalized spacial score (nSPS) is 17.2. The third-order valence-electron chi connectivity index (χ3n) is 6.77. The lowest BCUT2D eigenvalue weighted by molar-refractivity contribution is -0.190. The van der Waals surface area contributed by atoms with Crippen LogP contribution in [-0.4, -0.2) is 66.8 Å². The zero-order valence-electron chi connectivity index (χ0n) is 22.1. The molecule has 3 aromatic carbocycles. The standard InChI is InChI=1S/C29H29F3N2O6/c1-38-23-16-20(17-24(39-2)25(23)40-3)26-33(14-13-18-9-11-21(35)12-10-18)27(36)22(15-19-7-5-4-6-8-19)34(26)28(37)29(30,31)32/h4-12,16-17,22,26,35H,13-15H2,1-3H3/t22-,26+/m1/s1. The fourth-order valence-corrected chi connectivity index (χ4v) is 4.91. The summed E-state index contributed by atoms with van der Waals surface area (Å²) in [5, 5.41) is 9.61. The molecule has 1 aliphatic heterocycles. The van der Waals surface area contributed by atoms with Gasteiger partial charge >= 0.3 is 12.1 Å². The van der Waals surface area contributed by atoms with Crippen LogP contribution in [0, 0.1) is 0 Å². The second-order valence-corrected chi connectivity index (χ2v) is 9.20. The van der Waals surface area contributed by atoms with Gasteiger partial charge in [0.1, 0.15) is 18.0 Å². The van der Waals surface area contributed by atoms with Crippen LogP contribution in [0.4, 0.5) is 13.2 Å². The Hall–Kier alpha value is -4.41. The Morgan fingerprint density at radius 1 is 0.900 bits per heavy atom. The average molecular weight is 559 g/mol. The largest absolute Gasteiger partial charge is 0.508 e. The van der Waals surface area contributed by atoms with E-state index in [1.807, 2.05) is 0 Å². The van der Waals surface area contributed by atoms with Gasteiger partial charge in [-0.15, -0.1) is 0 Å². The molecule has 1 fully saturated rings. The van der Waals surface area contributed by atoms with Crippen molar-refractivity contribution >= 4 is 11.8 Å². The Morgan fingerprint density at radius 2 is 1.50 bits per heavy atom. The molecule has 1 saturated heterocycles. The fourth-order valence-electron chi connectivity index (χ4n) is 4.91. The van der Waals surface area contributed by atoms with Gasteiger partial charge in [-0.1, -0.05) is 42.5 Å². The summed E-state index contributed by atoms with van der Waals surface area (Å²) in [6.07, 6.45) is -6.50. The predicted octanol–water partition coefficient (Wildman–Crippen LogP) is 4.50. The molecule has 11 heteroatoms. The van der Waals surface area contributed by atoms with E-state index in [1.165, 1.54) is 50.5 Å². The van der Waals surface area contributed by atoms with E-state index >= 15 is 0 Å². The fraction of sp³-hybridized carbons (Fsp3) is 0.310. The Balaban J connectivity index is 1.86. The van der Waals surface area contributed by atoms with Gasteiger partial charge in [0.05, 0.1) is 21.3 Å². The molecule has 0 bridgehead atoms. The third kappa shape index (κ3) is 5.78. The van der Waals surface area contributed by atoms with Gasteiger partial charge in [-0.25, -0.2) is 0 Å². The number of alkyl halides is 3. The maximum atomic E-state index is 14.0. The van der Waals surface area contributed by atoms with E-state index in [0.29, 0.717) is 10.5 Å². The average Bonchev–Trinajstić information content (AvgIpc) is 3.21. The molecule has 4 rings (SSSR count). The first-order valence-corrected chi connectivity index (χ1v) is 12.4. The molecule has 0 unspecified atom stereocenters. The van der Waals surface area contributed by atoms with Gasteiger partial charge < -0.3 is 24.2 Å². The number of benzene rings is 3. The molecule has 8 nitrogen and oxygen atoms in total. The lowest BCUT2D eigenvalue weighted by Crippen LogP contribution is -2.47. The number of carbonyl (C=O) groups is 2. The minimum Gasteiger partial charge on any atom is -0.508 e. The Bertz CT molecular complexity index is 1320. The number of phenolic OH excluding ortho intramolecular Hbond substituents is 1. The van der Waals surface area contributed by atoms with Crippen LogP contribution >= 0.6 is 0 Å². The minimum atomic E-state index is -5.24. The maximum Gasteiger partial charge on any atom is 0.471 e. The first-order valence-electron chi connectivity index (χ1n) is 12.4. The first kappa shape index (κ1) is 28.6. The zero-order chi connectivity index (χ0) is 29.0. The number of nitrogens with zero attached hydrogens (tertiary/aromatic N) is 2. The number of rotatable bonds is 9. The van der Waals surface area contributed by atoms with Crippen LogP contribution in [0.3, 0.4) is 0 Å². The van der Waals surface area contributed by atoms with Crippen LogP contribution in [0.5, 0.6) is 23.0 Å². The maximum absolute atomic E-state index is 14.0. The van der Waals surface area contributed by atoms with Crippen molar-refractivity contribution < 1.29 is 42.1 Å². The second kappa shape index (κ2) is 11.8. The Morgan fingerprint density at radius 3 is 2.02 bits per heavy atom. The highest BCUT2D eigenvalue weighted by molar-refractivity contribution is 5.94.